The predicted octanol–water partition coefficient (Wildman–Crippen LogP) is 3.74. The van der Waals surface area contributed by atoms with E-state index in [0.717, 1.165) is 15.8 Å². The Kier molecular flexibility index (Phi) is 4.21. The van der Waals surface area contributed by atoms with E-state index in [0.29, 0.717) is 28.1 Å². The number of aromatic nitrogens is 3. The van der Waals surface area contributed by atoms with E-state index in [9.17, 15) is 4.79 Å². The zero-order chi connectivity index (χ0) is 17.2. The lowest BCUT2D eigenvalue weighted by Crippen LogP contribution is -2.12. The Bertz CT molecular complexity index is 1040. The van der Waals surface area contributed by atoms with Gasteiger partial charge < -0.3 is 10.3 Å². The second-order valence-electron chi connectivity index (χ2n) is 5.17. The van der Waals surface area contributed by atoms with E-state index in [1.54, 1.807) is 17.4 Å². The minimum atomic E-state index is -0.474. The topological polar surface area (TPSA) is 94.9 Å². The number of rotatable bonds is 5. The summed E-state index contributed by atoms with van der Waals surface area (Å²) in [5.41, 5.74) is 6.68. The van der Waals surface area contributed by atoms with Crippen LogP contribution in [0.5, 0.6) is 0 Å². The summed E-state index contributed by atoms with van der Waals surface area (Å²) in [6.07, 6.45) is 0. The van der Waals surface area contributed by atoms with Gasteiger partial charge in [-0.25, -0.2) is 4.98 Å². The molecule has 0 bridgehead atoms. The number of nitrogens with zero attached hydrogens (tertiary/aromatic N) is 3. The van der Waals surface area contributed by atoms with Crippen molar-refractivity contribution in [1.82, 2.24) is 15.1 Å². The van der Waals surface area contributed by atoms with Gasteiger partial charge in [0, 0.05) is 5.39 Å². The highest BCUT2D eigenvalue weighted by molar-refractivity contribution is 7.98. The lowest BCUT2D eigenvalue weighted by molar-refractivity contribution is 0.100. The van der Waals surface area contributed by atoms with Crippen molar-refractivity contribution in [2.45, 2.75) is 10.8 Å². The Morgan fingerprint density at radius 1 is 1.20 bits per heavy atom. The summed E-state index contributed by atoms with van der Waals surface area (Å²) in [4.78, 5) is 21.6. The number of fused-ring (bicyclic) bond motifs is 1. The van der Waals surface area contributed by atoms with Gasteiger partial charge in [-0.2, -0.15) is 4.98 Å². The zero-order valence-electron chi connectivity index (χ0n) is 12.9. The molecule has 3 aromatic heterocycles. The first kappa shape index (κ1) is 15.8. The molecule has 0 atom stereocenters. The molecule has 0 spiro atoms. The molecule has 6 nitrogen and oxygen atoms in total. The molecule has 0 aliphatic carbocycles. The Morgan fingerprint density at radius 2 is 2.08 bits per heavy atom. The summed E-state index contributed by atoms with van der Waals surface area (Å²) in [7, 11) is 0. The van der Waals surface area contributed by atoms with Crippen molar-refractivity contribution in [2.24, 2.45) is 5.73 Å². The first-order chi connectivity index (χ1) is 12.2. The number of hydrogen-bond acceptors (Lipinski definition) is 7. The molecule has 0 fully saturated rings. The number of thiophene rings is 1. The van der Waals surface area contributed by atoms with Crippen molar-refractivity contribution in [3.63, 3.8) is 0 Å². The first-order valence-electron chi connectivity index (χ1n) is 7.39. The summed E-state index contributed by atoms with van der Waals surface area (Å²) in [5, 5.41) is 7.38. The van der Waals surface area contributed by atoms with Gasteiger partial charge in [0.05, 0.1) is 26.7 Å². The maximum absolute atomic E-state index is 11.7. The number of hydrogen-bond donors (Lipinski definition) is 1. The van der Waals surface area contributed by atoms with Crippen LogP contribution in [0.3, 0.4) is 0 Å². The summed E-state index contributed by atoms with van der Waals surface area (Å²) >= 11 is 2.97. The van der Waals surface area contributed by atoms with Gasteiger partial charge in [0.15, 0.2) is 0 Å². The Hall–Kier alpha value is -2.71. The fourth-order valence-electron chi connectivity index (χ4n) is 2.38. The SMILES string of the molecule is NC(=O)c1cc(SCc2nc(-c3cccs3)no2)nc2ccccc12. The van der Waals surface area contributed by atoms with Crippen molar-refractivity contribution in [2.75, 3.05) is 0 Å². The molecular formula is C17H12N4O2S2. The highest BCUT2D eigenvalue weighted by atomic mass is 32.2. The summed E-state index contributed by atoms with van der Waals surface area (Å²) < 4.78 is 5.28. The second kappa shape index (κ2) is 6.66. The summed E-state index contributed by atoms with van der Waals surface area (Å²) in [6.45, 7) is 0. The van der Waals surface area contributed by atoms with Crippen molar-refractivity contribution >= 4 is 39.9 Å². The van der Waals surface area contributed by atoms with Gasteiger partial charge in [-0.1, -0.05) is 41.2 Å². The molecule has 8 heteroatoms. The molecule has 0 aliphatic heterocycles. The Labute approximate surface area is 151 Å². The maximum Gasteiger partial charge on any atom is 0.249 e. The van der Waals surface area contributed by atoms with E-state index in [1.807, 2.05) is 41.8 Å². The average Bonchev–Trinajstić information content (AvgIpc) is 3.30. The second-order valence-corrected chi connectivity index (χ2v) is 7.11. The van der Waals surface area contributed by atoms with Gasteiger partial charge in [0.1, 0.15) is 0 Å². The van der Waals surface area contributed by atoms with Crippen LogP contribution in [-0.4, -0.2) is 21.0 Å². The zero-order valence-corrected chi connectivity index (χ0v) is 14.5. The van der Waals surface area contributed by atoms with Gasteiger partial charge >= 0.3 is 0 Å². The number of pyridine rings is 1. The van der Waals surface area contributed by atoms with Gasteiger partial charge in [-0.3, -0.25) is 4.79 Å². The molecule has 124 valence electrons. The molecule has 25 heavy (non-hydrogen) atoms. The van der Waals surface area contributed by atoms with Gasteiger partial charge in [-0.15, -0.1) is 11.3 Å². The smallest absolute Gasteiger partial charge is 0.249 e. The number of thioether (sulfide) groups is 1. The molecule has 4 aromatic rings. The third-order valence-electron chi connectivity index (χ3n) is 3.51. The largest absolute Gasteiger partial charge is 0.366 e. The molecule has 0 saturated heterocycles. The molecular weight excluding hydrogens is 356 g/mol. The summed E-state index contributed by atoms with van der Waals surface area (Å²) in [6, 6.07) is 13.0. The third-order valence-corrected chi connectivity index (χ3v) is 5.27. The lowest BCUT2D eigenvalue weighted by atomic mass is 10.1. The number of para-hydroxylation sites is 1. The van der Waals surface area contributed by atoms with Crippen molar-refractivity contribution in [3.8, 4) is 10.7 Å². The minimum Gasteiger partial charge on any atom is -0.366 e. The van der Waals surface area contributed by atoms with E-state index in [4.69, 9.17) is 10.3 Å². The van der Waals surface area contributed by atoms with Crippen molar-refractivity contribution in [3.05, 3.63) is 59.3 Å². The van der Waals surface area contributed by atoms with Gasteiger partial charge in [-0.05, 0) is 23.6 Å². The number of carbonyl (C=O) groups is 1. The molecule has 3 heterocycles. The van der Waals surface area contributed by atoms with Crippen LogP contribution in [0.2, 0.25) is 0 Å². The minimum absolute atomic E-state index is 0.456. The molecule has 0 radical (unpaired) electrons. The normalized spacial score (nSPS) is 11.0. The van der Waals surface area contributed by atoms with Crippen LogP contribution in [0.4, 0.5) is 0 Å². The fraction of sp³-hybridized carbons (Fsp3) is 0.0588. The molecule has 1 amide bonds. The average molecular weight is 368 g/mol. The molecule has 4 rings (SSSR count). The Morgan fingerprint density at radius 3 is 2.88 bits per heavy atom. The standard InChI is InChI=1S/C17H12N4O2S2/c18-16(22)11-8-15(19-12-5-2-1-4-10(11)12)25-9-14-20-17(21-23-14)13-6-3-7-24-13/h1-8H,9H2,(H2,18,22). The fourth-order valence-corrected chi connectivity index (χ4v) is 3.79. The number of benzene rings is 1. The van der Waals surface area contributed by atoms with Crippen LogP contribution in [0.15, 0.2) is 57.4 Å². The van der Waals surface area contributed by atoms with E-state index in [1.165, 1.54) is 11.8 Å². The lowest BCUT2D eigenvalue weighted by Gasteiger charge is -2.06. The van der Waals surface area contributed by atoms with Crippen molar-refractivity contribution in [1.29, 1.82) is 0 Å². The van der Waals surface area contributed by atoms with E-state index in [2.05, 4.69) is 15.1 Å². The number of nitrogens with two attached hydrogens (primary N) is 1. The molecule has 0 unspecified atom stereocenters. The van der Waals surface area contributed by atoms with E-state index < -0.39 is 5.91 Å². The number of primary amides is 1. The quantitative estimate of drug-likeness (QED) is 0.539. The maximum atomic E-state index is 11.7. The molecule has 2 N–H and O–H groups in total. The van der Waals surface area contributed by atoms with Gasteiger partial charge in [0.25, 0.3) is 0 Å². The van der Waals surface area contributed by atoms with Crippen LogP contribution in [0.25, 0.3) is 21.6 Å². The van der Waals surface area contributed by atoms with E-state index in [-0.39, 0.29) is 0 Å². The van der Waals surface area contributed by atoms with Crippen LogP contribution in [0.1, 0.15) is 16.2 Å². The van der Waals surface area contributed by atoms with E-state index >= 15 is 0 Å². The van der Waals surface area contributed by atoms with Crippen LogP contribution in [0, 0.1) is 0 Å². The van der Waals surface area contributed by atoms with Crippen molar-refractivity contribution < 1.29 is 9.32 Å². The van der Waals surface area contributed by atoms with Crippen LogP contribution < -0.4 is 5.73 Å². The van der Waals surface area contributed by atoms with Crippen LogP contribution in [-0.2, 0) is 5.75 Å². The molecule has 0 saturated carbocycles. The predicted molar refractivity (Wildman–Crippen MR) is 97.4 cm³/mol. The highest BCUT2D eigenvalue weighted by Crippen LogP contribution is 2.27. The Balaban J connectivity index is 1.58. The molecule has 1 aromatic carbocycles. The monoisotopic (exact) mass is 368 g/mol. The van der Waals surface area contributed by atoms with Crippen LogP contribution >= 0.6 is 23.1 Å². The third kappa shape index (κ3) is 3.26. The summed E-state index contributed by atoms with van der Waals surface area (Å²) in [5.74, 6) is 1.07. The highest BCUT2D eigenvalue weighted by Gasteiger charge is 2.13. The number of carbonyl (C=O) groups excluding carboxylic acids is 1. The first-order valence-corrected chi connectivity index (χ1v) is 9.26. The number of amides is 1. The van der Waals surface area contributed by atoms with Gasteiger partial charge in [0.2, 0.25) is 17.6 Å². The molecule has 0 aliphatic rings.